The fourth-order valence-corrected chi connectivity index (χ4v) is 2.94. The van der Waals surface area contributed by atoms with Crippen LogP contribution in [-0.4, -0.2) is 30.5 Å². The summed E-state index contributed by atoms with van der Waals surface area (Å²) in [6.45, 7) is 1.79. The zero-order valence-electron chi connectivity index (χ0n) is 13.1. The number of piperidine rings is 1. The van der Waals surface area contributed by atoms with Crippen LogP contribution in [0.3, 0.4) is 0 Å². The molecule has 126 valence electrons. The van der Waals surface area contributed by atoms with E-state index in [1.807, 2.05) is 18.2 Å². The highest BCUT2D eigenvalue weighted by atomic mass is 35.5. The number of hydrogen-bond donors (Lipinski definition) is 2. The first kappa shape index (κ1) is 17.1. The number of halogens is 2. The maximum absolute atomic E-state index is 9.57. The van der Waals surface area contributed by atoms with E-state index in [-0.39, 0.29) is 6.10 Å². The van der Waals surface area contributed by atoms with Crippen molar-refractivity contribution < 1.29 is 5.11 Å². The van der Waals surface area contributed by atoms with Gasteiger partial charge in [-0.1, -0.05) is 35.3 Å². The number of anilines is 2. The second kappa shape index (κ2) is 7.88. The van der Waals surface area contributed by atoms with E-state index in [9.17, 15) is 5.11 Å². The number of rotatable bonds is 4. The Morgan fingerprint density at radius 3 is 2.42 bits per heavy atom. The first-order valence-corrected chi connectivity index (χ1v) is 8.64. The number of nitrogens with one attached hydrogen (secondary N) is 1. The Balaban J connectivity index is 1.58. The molecule has 2 aromatic rings. The van der Waals surface area contributed by atoms with Crippen LogP contribution >= 0.6 is 23.2 Å². The van der Waals surface area contributed by atoms with Gasteiger partial charge in [-0.15, -0.1) is 0 Å². The molecule has 1 aliphatic rings. The van der Waals surface area contributed by atoms with E-state index in [1.54, 1.807) is 18.3 Å². The van der Waals surface area contributed by atoms with Crippen LogP contribution in [0.4, 0.5) is 11.4 Å². The zero-order chi connectivity index (χ0) is 16.9. The van der Waals surface area contributed by atoms with Gasteiger partial charge in [-0.25, -0.2) is 0 Å². The molecule has 0 amide bonds. The largest absolute Gasteiger partial charge is 0.393 e. The fraction of sp³-hybridized carbons (Fsp3) is 0.278. The molecule has 0 atom stereocenters. The van der Waals surface area contributed by atoms with Gasteiger partial charge in [0.05, 0.1) is 28.1 Å². The Bertz CT molecular complexity index is 711. The minimum Gasteiger partial charge on any atom is -0.393 e. The molecule has 1 saturated heterocycles. The topological polar surface area (TPSA) is 47.9 Å². The molecule has 0 radical (unpaired) electrons. The molecule has 0 saturated carbocycles. The Kier molecular flexibility index (Phi) is 5.61. The molecule has 1 fully saturated rings. The van der Waals surface area contributed by atoms with Crippen LogP contribution in [0.25, 0.3) is 0 Å². The van der Waals surface area contributed by atoms with Crippen LogP contribution in [0, 0.1) is 0 Å². The molecule has 0 bridgehead atoms. The number of hydrogen-bond acceptors (Lipinski definition) is 4. The van der Waals surface area contributed by atoms with Crippen molar-refractivity contribution in [2.75, 3.05) is 23.4 Å². The monoisotopic (exact) mass is 363 g/mol. The first-order valence-electron chi connectivity index (χ1n) is 7.89. The zero-order valence-corrected chi connectivity index (χ0v) is 14.6. The van der Waals surface area contributed by atoms with E-state index < -0.39 is 0 Å². The van der Waals surface area contributed by atoms with Crippen LogP contribution in [-0.2, 0) is 0 Å². The van der Waals surface area contributed by atoms with Crippen molar-refractivity contribution in [3.63, 3.8) is 0 Å². The quantitative estimate of drug-likeness (QED) is 0.625. The number of aliphatic hydroxyl groups excluding tert-OH is 1. The van der Waals surface area contributed by atoms with Crippen molar-refractivity contribution in [3.05, 3.63) is 58.1 Å². The van der Waals surface area contributed by atoms with Gasteiger partial charge in [-0.3, -0.25) is 5.43 Å². The average Bonchev–Trinajstić information content (AvgIpc) is 2.59. The predicted octanol–water partition coefficient (Wildman–Crippen LogP) is 4.40. The maximum atomic E-state index is 9.57. The Hall–Kier alpha value is -1.75. The van der Waals surface area contributed by atoms with Crippen molar-refractivity contribution in [2.24, 2.45) is 5.10 Å². The van der Waals surface area contributed by atoms with Crippen molar-refractivity contribution in [3.8, 4) is 0 Å². The molecule has 6 heteroatoms. The highest BCUT2D eigenvalue weighted by molar-refractivity contribution is 6.42. The van der Waals surface area contributed by atoms with Gasteiger partial charge in [0.2, 0.25) is 0 Å². The van der Waals surface area contributed by atoms with Crippen molar-refractivity contribution >= 4 is 40.8 Å². The molecular formula is C18H19Cl2N3O. The smallest absolute Gasteiger partial charge is 0.0613 e. The third-order valence-corrected chi connectivity index (χ3v) is 4.79. The molecular weight excluding hydrogens is 345 g/mol. The minimum absolute atomic E-state index is 0.153. The molecule has 0 aliphatic carbocycles. The summed E-state index contributed by atoms with van der Waals surface area (Å²) in [4.78, 5) is 2.29. The van der Waals surface area contributed by atoms with E-state index >= 15 is 0 Å². The van der Waals surface area contributed by atoms with Crippen LogP contribution in [0.2, 0.25) is 10.0 Å². The maximum Gasteiger partial charge on any atom is 0.0613 e. The Morgan fingerprint density at radius 2 is 1.75 bits per heavy atom. The molecule has 1 heterocycles. The summed E-state index contributed by atoms with van der Waals surface area (Å²) in [6.07, 6.45) is 3.26. The van der Waals surface area contributed by atoms with E-state index in [1.165, 1.54) is 5.69 Å². The predicted molar refractivity (Wildman–Crippen MR) is 102 cm³/mol. The number of aliphatic hydroxyl groups is 1. The van der Waals surface area contributed by atoms with Gasteiger partial charge in [-0.2, -0.15) is 5.10 Å². The van der Waals surface area contributed by atoms with Gasteiger partial charge in [0, 0.05) is 18.8 Å². The number of nitrogens with zero attached hydrogens (tertiary/aromatic N) is 2. The lowest BCUT2D eigenvalue weighted by Gasteiger charge is -2.31. The standard InChI is InChI=1S/C18H19Cl2N3O/c19-17-6-3-14(11-18(17)20)22-21-12-13-1-4-15(5-2-13)23-9-7-16(24)8-10-23/h1-6,11-12,16,22,24H,7-10H2. The average molecular weight is 364 g/mol. The number of benzene rings is 2. The number of hydrazone groups is 1. The summed E-state index contributed by atoms with van der Waals surface area (Å²) >= 11 is 11.8. The third kappa shape index (κ3) is 4.41. The highest BCUT2D eigenvalue weighted by Crippen LogP contribution is 2.25. The summed E-state index contributed by atoms with van der Waals surface area (Å²) in [5, 5.41) is 14.8. The van der Waals surface area contributed by atoms with Gasteiger partial charge in [-0.05, 0) is 48.7 Å². The molecule has 24 heavy (non-hydrogen) atoms. The van der Waals surface area contributed by atoms with E-state index in [2.05, 4.69) is 27.6 Å². The second-order valence-corrected chi connectivity index (χ2v) is 6.62. The lowest BCUT2D eigenvalue weighted by atomic mass is 10.1. The molecule has 0 aromatic heterocycles. The lowest BCUT2D eigenvalue weighted by Crippen LogP contribution is -2.35. The minimum atomic E-state index is -0.153. The summed E-state index contributed by atoms with van der Waals surface area (Å²) < 4.78 is 0. The lowest BCUT2D eigenvalue weighted by molar-refractivity contribution is 0.145. The fourth-order valence-electron chi connectivity index (χ4n) is 2.64. The Labute approximate surface area is 151 Å². The molecule has 0 unspecified atom stereocenters. The van der Waals surface area contributed by atoms with E-state index in [4.69, 9.17) is 23.2 Å². The molecule has 1 aliphatic heterocycles. The molecule has 3 rings (SSSR count). The van der Waals surface area contributed by atoms with Gasteiger partial charge in [0.15, 0.2) is 0 Å². The normalized spacial score (nSPS) is 15.9. The van der Waals surface area contributed by atoms with Crippen molar-refractivity contribution in [2.45, 2.75) is 18.9 Å². The van der Waals surface area contributed by atoms with Gasteiger partial charge >= 0.3 is 0 Å². The van der Waals surface area contributed by atoms with Crippen LogP contribution in [0.5, 0.6) is 0 Å². The summed E-state index contributed by atoms with van der Waals surface area (Å²) in [5.74, 6) is 0. The van der Waals surface area contributed by atoms with Gasteiger partial charge < -0.3 is 10.0 Å². The van der Waals surface area contributed by atoms with Crippen molar-refractivity contribution in [1.29, 1.82) is 0 Å². The molecule has 2 aromatic carbocycles. The van der Waals surface area contributed by atoms with Crippen LogP contribution in [0.15, 0.2) is 47.6 Å². The van der Waals surface area contributed by atoms with Crippen LogP contribution < -0.4 is 10.3 Å². The molecule has 2 N–H and O–H groups in total. The summed E-state index contributed by atoms with van der Waals surface area (Å²) in [6, 6.07) is 13.5. The third-order valence-electron chi connectivity index (χ3n) is 4.05. The van der Waals surface area contributed by atoms with Gasteiger partial charge in [0.1, 0.15) is 0 Å². The first-order chi connectivity index (χ1) is 11.6. The summed E-state index contributed by atoms with van der Waals surface area (Å²) in [7, 11) is 0. The Morgan fingerprint density at radius 1 is 1.04 bits per heavy atom. The molecule has 4 nitrogen and oxygen atoms in total. The highest BCUT2D eigenvalue weighted by Gasteiger charge is 2.16. The van der Waals surface area contributed by atoms with E-state index in [0.717, 1.165) is 37.2 Å². The van der Waals surface area contributed by atoms with Crippen molar-refractivity contribution in [1.82, 2.24) is 0 Å². The molecule has 0 spiro atoms. The second-order valence-electron chi connectivity index (χ2n) is 5.81. The van der Waals surface area contributed by atoms with E-state index in [0.29, 0.717) is 10.0 Å². The summed E-state index contributed by atoms with van der Waals surface area (Å²) in [5.41, 5.74) is 5.89. The SMILES string of the molecule is OC1CCN(c2ccc(C=NNc3ccc(Cl)c(Cl)c3)cc2)CC1. The van der Waals surface area contributed by atoms with Gasteiger partial charge in [0.25, 0.3) is 0 Å². The van der Waals surface area contributed by atoms with Crippen LogP contribution in [0.1, 0.15) is 18.4 Å².